The zero-order valence-electron chi connectivity index (χ0n) is 17.3. The number of rotatable bonds is 4. The molecule has 2 aromatic carbocycles. The quantitative estimate of drug-likeness (QED) is 0.326. The number of amides is 1. The van der Waals surface area contributed by atoms with Gasteiger partial charge >= 0.3 is 5.97 Å². The third-order valence-electron chi connectivity index (χ3n) is 7.38. The van der Waals surface area contributed by atoms with Gasteiger partial charge in [0.2, 0.25) is 5.91 Å². The second kappa shape index (κ2) is 7.20. The number of hydrogen-bond acceptors (Lipinski definition) is 4. The number of para-hydroxylation sites is 1. The number of ether oxygens (including phenoxy) is 1. The zero-order valence-corrected chi connectivity index (χ0v) is 18.1. The average Bonchev–Trinajstić information content (AvgIpc) is 3.38. The van der Waals surface area contributed by atoms with Crippen molar-refractivity contribution in [2.75, 3.05) is 0 Å². The predicted octanol–water partition coefficient (Wildman–Crippen LogP) is 4.68. The van der Waals surface area contributed by atoms with Gasteiger partial charge in [0.25, 0.3) is 0 Å². The maximum atomic E-state index is 13.7. The molecule has 2 aromatic rings. The van der Waals surface area contributed by atoms with E-state index in [0.29, 0.717) is 16.3 Å². The molecule has 3 atom stereocenters. The summed E-state index contributed by atoms with van der Waals surface area (Å²) >= 11 is 5.99. The molecule has 160 valence electrons. The lowest BCUT2D eigenvalue weighted by Crippen LogP contribution is -2.49. The van der Waals surface area contributed by atoms with Gasteiger partial charge in [0.05, 0.1) is 5.41 Å². The SMILES string of the molecule is C[C@]1(C(=O)c2ccc(Cl)cc2)[C@H]2c3ccccc3OC(=O)[C@@]21C(=O)NC1CCCCC1. The molecular weight excluding hydrogens is 414 g/mol. The Morgan fingerprint density at radius 2 is 1.71 bits per heavy atom. The smallest absolute Gasteiger partial charge is 0.328 e. The van der Waals surface area contributed by atoms with E-state index in [0.717, 1.165) is 37.7 Å². The van der Waals surface area contributed by atoms with Crippen molar-refractivity contribution in [3.05, 3.63) is 64.7 Å². The van der Waals surface area contributed by atoms with Crippen LogP contribution in [0.5, 0.6) is 5.75 Å². The molecule has 2 saturated carbocycles. The zero-order chi connectivity index (χ0) is 21.8. The number of carbonyl (C=O) groups is 3. The van der Waals surface area contributed by atoms with Crippen LogP contribution in [0.25, 0.3) is 0 Å². The van der Waals surface area contributed by atoms with Gasteiger partial charge in [0.15, 0.2) is 11.2 Å². The predicted molar refractivity (Wildman–Crippen MR) is 116 cm³/mol. The van der Waals surface area contributed by atoms with Crippen LogP contribution in [0.1, 0.15) is 60.9 Å². The van der Waals surface area contributed by atoms with E-state index < -0.39 is 28.6 Å². The molecule has 31 heavy (non-hydrogen) atoms. The molecule has 0 saturated heterocycles. The fourth-order valence-electron chi connectivity index (χ4n) is 5.70. The molecule has 1 heterocycles. The Morgan fingerprint density at radius 1 is 1.03 bits per heavy atom. The van der Waals surface area contributed by atoms with Crippen LogP contribution in [0.3, 0.4) is 0 Å². The summed E-state index contributed by atoms with van der Waals surface area (Å²) in [6.45, 7) is 1.72. The van der Waals surface area contributed by atoms with Crippen molar-refractivity contribution in [1.29, 1.82) is 0 Å². The fourth-order valence-corrected chi connectivity index (χ4v) is 5.83. The lowest BCUT2D eigenvalue weighted by Gasteiger charge is -2.28. The van der Waals surface area contributed by atoms with E-state index in [2.05, 4.69) is 5.32 Å². The third-order valence-corrected chi connectivity index (χ3v) is 7.63. The summed E-state index contributed by atoms with van der Waals surface area (Å²) in [6, 6.07) is 13.8. The molecule has 6 heteroatoms. The van der Waals surface area contributed by atoms with Crippen LogP contribution in [0.15, 0.2) is 48.5 Å². The Balaban J connectivity index is 1.59. The second-order valence-electron chi connectivity index (χ2n) is 9.02. The summed E-state index contributed by atoms with van der Waals surface area (Å²) in [7, 11) is 0. The van der Waals surface area contributed by atoms with Gasteiger partial charge in [-0.3, -0.25) is 14.4 Å². The number of fused-ring (bicyclic) bond motifs is 3. The van der Waals surface area contributed by atoms with Gasteiger partial charge in [-0.25, -0.2) is 0 Å². The monoisotopic (exact) mass is 437 g/mol. The Labute approximate surface area is 186 Å². The molecule has 1 amide bonds. The van der Waals surface area contributed by atoms with Crippen molar-refractivity contribution < 1.29 is 19.1 Å². The summed E-state index contributed by atoms with van der Waals surface area (Å²) in [5.74, 6) is -1.43. The highest BCUT2D eigenvalue weighted by Crippen LogP contribution is 2.78. The van der Waals surface area contributed by atoms with Crippen LogP contribution in [0.4, 0.5) is 0 Å². The minimum absolute atomic E-state index is 0.0247. The lowest BCUT2D eigenvalue weighted by molar-refractivity contribution is -0.149. The number of hydrogen-bond donors (Lipinski definition) is 1. The molecule has 2 fully saturated rings. The largest absolute Gasteiger partial charge is 0.425 e. The summed E-state index contributed by atoms with van der Waals surface area (Å²) < 4.78 is 5.63. The van der Waals surface area contributed by atoms with Crippen molar-refractivity contribution in [2.45, 2.75) is 51.0 Å². The first kappa shape index (κ1) is 20.3. The maximum Gasteiger partial charge on any atom is 0.328 e. The Hall–Kier alpha value is -2.66. The van der Waals surface area contributed by atoms with Crippen LogP contribution < -0.4 is 10.1 Å². The van der Waals surface area contributed by atoms with Gasteiger partial charge in [0, 0.05) is 28.1 Å². The Morgan fingerprint density at radius 3 is 2.42 bits per heavy atom. The lowest BCUT2D eigenvalue weighted by atomic mass is 9.85. The highest BCUT2D eigenvalue weighted by Gasteiger charge is 2.88. The first-order valence-corrected chi connectivity index (χ1v) is 11.2. The molecule has 2 aliphatic carbocycles. The van der Waals surface area contributed by atoms with Crippen LogP contribution in [0, 0.1) is 10.8 Å². The number of esters is 1. The van der Waals surface area contributed by atoms with E-state index >= 15 is 0 Å². The first-order valence-electron chi connectivity index (χ1n) is 10.8. The van der Waals surface area contributed by atoms with Crippen LogP contribution >= 0.6 is 11.6 Å². The van der Waals surface area contributed by atoms with Gasteiger partial charge in [-0.05, 0) is 50.1 Å². The van der Waals surface area contributed by atoms with E-state index in [1.807, 2.05) is 12.1 Å². The van der Waals surface area contributed by atoms with E-state index in [1.54, 1.807) is 43.3 Å². The molecule has 0 unspecified atom stereocenters. The molecule has 3 aliphatic rings. The highest BCUT2D eigenvalue weighted by atomic mass is 35.5. The van der Waals surface area contributed by atoms with Crippen LogP contribution in [-0.2, 0) is 9.59 Å². The molecule has 0 aromatic heterocycles. The molecule has 1 aliphatic heterocycles. The van der Waals surface area contributed by atoms with Crippen molar-refractivity contribution in [1.82, 2.24) is 5.32 Å². The number of carbonyl (C=O) groups excluding carboxylic acids is 3. The normalized spacial score (nSPS) is 29.4. The van der Waals surface area contributed by atoms with Gasteiger partial charge in [-0.2, -0.15) is 0 Å². The standard InChI is InChI=1S/C25H24ClNO4/c1-24(21(28)15-11-13-16(26)14-12-15)20-18-9-5-6-10-19(18)31-23(30)25(20,24)22(29)27-17-7-3-2-4-8-17/h5-6,9-14,17,20H,2-4,7-8H2,1H3,(H,27,29)/t20-,24-,25+/m1/s1. The average molecular weight is 438 g/mol. The molecule has 1 N–H and O–H groups in total. The number of Topliss-reactive ketones (excluding diaryl/α,β-unsaturated/α-hetero) is 1. The van der Waals surface area contributed by atoms with E-state index in [1.165, 1.54) is 0 Å². The van der Waals surface area contributed by atoms with Gasteiger partial charge < -0.3 is 10.1 Å². The number of benzene rings is 2. The number of nitrogens with one attached hydrogen (secondary N) is 1. The highest BCUT2D eigenvalue weighted by molar-refractivity contribution is 6.30. The van der Waals surface area contributed by atoms with Crippen molar-refractivity contribution in [2.24, 2.45) is 10.8 Å². The third kappa shape index (κ3) is 2.79. The first-order chi connectivity index (χ1) is 14.9. The minimum atomic E-state index is -1.56. The van der Waals surface area contributed by atoms with E-state index in [4.69, 9.17) is 16.3 Å². The van der Waals surface area contributed by atoms with Crippen LogP contribution in [-0.4, -0.2) is 23.7 Å². The topological polar surface area (TPSA) is 72.5 Å². The second-order valence-corrected chi connectivity index (χ2v) is 9.45. The van der Waals surface area contributed by atoms with E-state index in [-0.39, 0.29) is 11.8 Å². The summed E-state index contributed by atoms with van der Waals surface area (Å²) in [5.41, 5.74) is -1.64. The van der Waals surface area contributed by atoms with E-state index in [9.17, 15) is 14.4 Å². The molecule has 0 radical (unpaired) electrons. The van der Waals surface area contributed by atoms with Gasteiger partial charge in [0.1, 0.15) is 5.75 Å². The number of halogens is 1. The van der Waals surface area contributed by atoms with Crippen molar-refractivity contribution in [3.8, 4) is 5.75 Å². The fraction of sp³-hybridized carbons (Fsp3) is 0.400. The Bertz CT molecular complexity index is 1080. The molecular formula is C25H24ClNO4. The summed E-state index contributed by atoms with van der Waals surface area (Å²) in [5, 5.41) is 3.61. The van der Waals surface area contributed by atoms with Crippen LogP contribution in [0.2, 0.25) is 5.02 Å². The maximum absolute atomic E-state index is 13.7. The molecule has 5 nitrogen and oxygen atoms in total. The van der Waals surface area contributed by atoms with Gasteiger partial charge in [-0.1, -0.05) is 49.1 Å². The summed E-state index contributed by atoms with van der Waals surface area (Å²) in [6.07, 6.45) is 5.04. The van der Waals surface area contributed by atoms with Gasteiger partial charge in [-0.15, -0.1) is 0 Å². The minimum Gasteiger partial charge on any atom is -0.425 e. The molecule has 0 bridgehead atoms. The number of ketones is 1. The Kier molecular flexibility index (Phi) is 4.70. The van der Waals surface area contributed by atoms with Crippen molar-refractivity contribution >= 4 is 29.3 Å². The van der Waals surface area contributed by atoms with Crippen molar-refractivity contribution in [3.63, 3.8) is 0 Å². The molecule has 5 rings (SSSR count). The molecule has 0 spiro atoms. The summed E-state index contributed by atoms with van der Waals surface area (Å²) in [4.78, 5) is 40.8.